The highest BCUT2D eigenvalue weighted by Crippen LogP contribution is 2.03. The largest absolute Gasteiger partial charge is 0.449 e. The first-order chi connectivity index (χ1) is 4.93. The van der Waals surface area contributed by atoms with Gasteiger partial charge in [-0.1, -0.05) is 13.8 Å². The molecule has 1 aliphatic heterocycles. The van der Waals surface area contributed by atoms with Gasteiger partial charge in [0, 0.05) is 0 Å². The maximum Gasteiger partial charge on any atom is 0.294 e. The second kappa shape index (κ2) is 6.55. The number of hydrogen-bond donors (Lipinski definition) is 1. The van der Waals surface area contributed by atoms with Gasteiger partial charge in [0.1, 0.15) is 0 Å². The predicted molar refractivity (Wildman–Crippen MR) is 39.5 cm³/mol. The molecule has 0 aromatic rings. The Morgan fingerprint density at radius 2 is 2.30 bits per heavy atom. The highest BCUT2D eigenvalue weighted by atomic mass is 16.5. The molecule has 0 saturated carbocycles. The monoisotopic (exact) mass is 145 g/mol. The van der Waals surface area contributed by atoms with E-state index in [0.29, 0.717) is 6.47 Å². The van der Waals surface area contributed by atoms with Gasteiger partial charge in [0.05, 0.1) is 0 Å². The van der Waals surface area contributed by atoms with Gasteiger partial charge >= 0.3 is 0 Å². The Morgan fingerprint density at radius 1 is 1.60 bits per heavy atom. The van der Waals surface area contributed by atoms with Crippen molar-refractivity contribution in [1.29, 1.82) is 0 Å². The summed E-state index contributed by atoms with van der Waals surface area (Å²) in [6.45, 7) is 5.46. The first kappa shape index (κ1) is 9.43. The zero-order valence-corrected chi connectivity index (χ0v) is 6.59. The summed E-state index contributed by atoms with van der Waals surface area (Å²) < 4.78 is 4.61. The van der Waals surface area contributed by atoms with E-state index in [4.69, 9.17) is 0 Å². The third-order valence-electron chi connectivity index (χ3n) is 1.23. The molecule has 10 heavy (non-hydrogen) atoms. The SMILES string of the molecule is CC.O=COC1CCCN1. The van der Waals surface area contributed by atoms with Gasteiger partial charge in [-0.2, -0.15) is 0 Å². The summed E-state index contributed by atoms with van der Waals surface area (Å²) in [4.78, 5) is 9.70. The van der Waals surface area contributed by atoms with Gasteiger partial charge in [-0.05, 0) is 19.4 Å². The van der Waals surface area contributed by atoms with Crippen LogP contribution in [0.3, 0.4) is 0 Å². The van der Waals surface area contributed by atoms with Crippen LogP contribution in [-0.2, 0) is 9.53 Å². The third kappa shape index (κ3) is 3.45. The van der Waals surface area contributed by atoms with Crippen LogP contribution in [0.25, 0.3) is 0 Å². The zero-order valence-electron chi connectivity index (χ0n) is 6.59. The summed E-state index contributed by atoms with van der Waals surface area (Å²) in [7, 11) is 0. The van der Waals surface area contributed by atoms with E-state index in [1.807, 2.05) is 13.8 Å². The van der Waals surface area contributed by atoms with Crippen molar-refractivity contribution in [2.45, 2.75) is 32.9 Å². The molecular formula is C7H15NO2. The lowest BCUT2D eigenvalue weighted by Crippen LogP contribution is -2.23. The van der Waals surface area contributed by atoms with Gasteiger partial charge in [-0.3, -0.25) is 10.1 Å². The van der Waals surface area contributed by atoms with E-state index in [1.165, 1.54) is 0 Å². The maximum atomic E-state index is 9.70. The summed E-state index contributed by atoms with van der Waals surface area (Å²) in [5.41, 5.74) is 0. The number of rotatable bonds is 2. The molecule has 0 radical (unpaired) electrons. The Kier molecular flexibility index (Phi) is 6.18. The van der Waals surface area contributed by atoms with Gasteiger partial charge in [-0.15, -0.1) is 0 Å². The van der Waals surface area contributed by atoms with Gasteiger partial charge in [0.2, 0.25) is 0 Å². The van der Waals surface area contributed by atoms with E-state index in [9.17, 15) is 4.79 Å². The molecule has 60 valence electrons. The average Bonchev–Trinajstić information content (AvgIpc) is 2.46. The molecule has 1 N–H and O–H groups in total. The highest BCUT2D eigenvalue weighted by Gasteiger charge is 2.12. The van der Waals surface area contributed by atoms with Gasteiger partial charge in [-0.25, -0.2) is 0 Å². The number of carbonyl (C=O) groups excluding carboxylic acids is 1. The standard InChI is InChI=1S/C5H9NO2.C2H6/c7-4-8-5-2-1-3-6-5;1-2/h4-6H,1-3H2;1-2H3. The molecule has 3 heteroatoms. The van der Waals surface area contributed by atoms with Gasteiger partial charge < -0.3 is 4.74 Å². The quantitative estimate of drug-likeness (QED) is 0.586. The summed E-state index contributed by atoms with van der Waals surface area (Å²) in [6, 6.07) is 0. The molecule has 1 heterocycles. The van der Waals surface area contributed by atoms with E-state index in [0.717, 1.165) is 19.4 Å². The van der Waals surface area contributed by atoms with Crippen LogP contribution in [0.4, 0.5) is 0 Å². The fraction of sp³-hybridized carbons (Fsp3) is 0.857. The van der Waals surface area contributed by atoms with Crippen LogP contribution in [-0.4, -0.2) is 19.2 Å². The fourth-order valence-corrected chi connectivity index (χ4v) is 0.836. The van der Waals surface area contributed by atoms with Crippen LogP contribution in [0.5, 0.6) is 0 Å². The van der Waals surface area contributed by atoms with Crippen LogP contribution in [0.2, 0.25) is 0 Å². The topological polar surface area (TPSA) is 38.3 Å². The molecule has 0 spiro atoms. The van der Waals surface area contributed by atoms with E-state index in [1.54, 1.807) is 0 Å². The van der Waals surface area contributed by atoms with E-state index < -0.39 is 0 Å². The van der Waals surface area contributed by atoms with Crippen LogP contribution >= 0.6 is 0 Å². The molecule has 1 atom stereocenters. The van der Waals surface area contributed by atoms with Crippen molar-refractivity contribution in [1.82, 2.24) is 5.32 Å². The highest BCUT2D eigenvalue weighted by molar-refractivity contribution is 5.37. The third-order valence-corrected chi connectivity index (χ3v) is 1.23. The van der Waals surface area contributed by atoms with Crippen LogP contribution in [0.1, 0.15) is 26.7 Å². The summed E-state index contributed by atoms with van der Waals surface area (Å²) in [5, 5.41) is 3.00. The van der Waals surface area contributed by atoms with E-state index in [-0.39, 0.29) is 6.23 Å². The number of hydrogen-bond acceptors (Lipinski definition) is 3. The lowest BCUT2D eigenvalue weighted by Gasteiger charge is -2.04. The molecular weight excluding hydrogens is 130 g/mol. The molecule has 0 aromatic carbocycles. The Bertz CT molecular complexity index is 79.7. The van der Waals surface area contributed by atoms with Crippen molar-refractivity contribution < 1.29 is 9.53 Å². The minimum absolute atomic E-state index is 0.00694. The number of ether oxygens (including phenoxy) is 1. The summed E-state index contributed by atoms with van der Waals surface area (Å²) in [6.07, 6.45) is 2.06. The van der Waals surface area contributed by atoms with Crippen molar-refractivity contribution in [3.05, 3.63) is 0 Å². The maximum absolute atomic E-state index is 9.70. The van der Waals surface area contributed by atoms with Crippen molar-refractivity contribution >= 4 is 6.47 Å². The zero-order chi connectivity index (χ0) is 7.82. The molecule has 0 aliphatic carbocycles. The fourth-order valence-electron chi connectivity index (χ4n) is 0.836. The molecule has 1 unspecified atom stereocenters. The Balaban J connectivity index is 0.000000371. The second-order valence-corrected chi connectivity index (χ2v) is 1.82. The van der Waals surface area contributed by atoms with E-state index >= 15 is 0 Å². The first-order valence-corrected chi connectivity index (χ1v) is 3.76. The second-order valence-electron chi connectivity index (χ2n) is 1.82. The molecule has 1 fully saturated rings. The molecule has 1 saturated heterocycles. The molecule has 1 rings (SSSR count). The van der Waals surface area contributed by atoms with Crippen molar-refractivity contribution in [2.24, 2.45) is 0 Å². The molecule has 3 nitrogen and oxygen atoms in total. The lowest BCUT2D eigenvalue weighted by molar-refractivity contribution is -0.134. The molecule has 0 amide bonds. The molecule has 1 aliphatic rings. The minimum Gasteiger partial charge on any atom is -0.449 e. The van der Waals surface area contributed by atoms with Crippen LogP contribution < -0.4 is 5.32 Å². The smallest absolute Gasteiger partial charge is 0.294 e. The van der Waals surface area contributed by atoms with Crippen molar-refractivity contribution in [3.8, 4) is 0 Å². The Morgan fingerprint density at radius 3 is 2.70 bits per heavy atom. The number of carbonyl (C=O) groups is 1. The molecule has 0 bridgehead atoms. The lowest BCUT2D eigenvalue weighted by atomic mass is 10.4. The summed E-state index contributed by atoms with van der Waals surface area (Å²) >= 11 is 0. The normalized spacial score (nSPS) is 22.8. The average molecular weight is 145 g/mol. The predicted octanol–water partition coefficient (Wildman–Crippen LogP) is 0.895. The Labute approximate surface area is 61.8 Å². The van der Waals surface area contributed by atoms with Gasteiger partial charge in [0.15, 0.2) is 6.23 Å². The Hall–Kier alpha value is -0.570. The van der Waals surface area contributed by atoms with Crippen LogP contribution in [0, 0.1) is 0 Å². The van der Waals surface area contributed by atoms with E-state index in [2.05, 4.69) is 10.1 Å². The van der Waals surface area contributed by atoms with Crippen molar-refractivity contribution in [2.75, 3.05) is 6.54 Å². The van der Waals surface area contributed by atoms with Crippen LogP contribution in [0.15, 0.2) is 0 Å². The minimum atomic E-state index is -0.00694. The summed E-state index contributed by atoms with van der Waals surface area (Å²) in [5.74, 6) is 0. The van der Waals surface area contributed by atoms with Gasteiger partial charge in [0.25, 0.3) is 6.47 Å². The molecule has 0 aromatic heterocycles. The van der Waals surface area contributed by atoms with Crippen molar-refractivity contribution in [3.63, 3.8) is 0 Å². The first-order valence-electron chi connectivity index (χ1n) is 3.76. The number of nitrogens with one attached hydrogen (secondary N) is 1.